The zero-order valence-corrected chi connectivity index (χ0v) is 15.1. The molecule has 3 rings (SSSR count). The van der Waals surface area contributed by atoms with Gasteiger partial charge in [-0.25, -0.2) is 0 Å². The Morgan fingerprint density at radius 1 is 1.18 bits per heavy atom. The lowest BCUT2D eigenvalue weighted by molar-refractivity contribution is -0.138. The van der Waals surface area contributed by atoms with Crippen LogP contribution < -0.4 is 15.0 Å². The number of ether oxygens (including phenoxy) is 1. The molecule has 0 saturated carbocycles. The molecule has 1 atom stereocenters. The van der Waals surface area contributed by atoms with Crippen LogP contribution in [0.25, 0.3) is 0 Å². The topological polar surface area (TPSA) is 58.6 Å². The number of hydrogen-bond acceptors (Lipinski definition) is 3. The highest BCUT2D eigenvalue weighted by atomic mass is 19.4. The number of alkyl halides is 3. The summed E-state index contributed by atoms with van der Waals surface area (Å²) in [6, 6.07) is 11.6. The average molecular weight is 392 g/mol. The summed E-state index contributed by atoms with van der Waals surface area (Å²) in [6.07, 6.45) is -4.39. The summed E-state index contributed by atoms with van der Waals surface area (Å²) >= 11 is 0. The third-order valence-corrected chi connectivity index (χ3v) is 4.62. The Kier molecular flexibility index (Phi) is 5.58. The minimum atomic E-state index is -4.61. The molecular weight excluding hydrogens is 373 g/mol. The number of methoxy groups -OCH3 is 1. The third kappa shape index (κ3) is 4.27. The van der Waals surface area contributed by atoms with E-state index in [1.54, 1.807) is 36.3 Å². The molecule has 1 N–H and O–H groups in total. The lowest BCUT2D eigenvalue weighted by atomic mass is 10.1. The lowest BCUT2D eigenvalue weighted by Crippen LogP contribution is -2.32. The van der Waals surface area contributed by atoms with Crippen LogP contribution in [0, 0.1) is 5.92 Å². The normalized spacial score (nSPS) is 16.9. The van der Waals surface area contributed by atoms with Crippen LogP contribution >= 0.6 is 0 Å². The molecular formula is C20H19F3N2O3. The summed E-state index contributed by atoms with van der Waals surface area (Å²) in [5.41, 5.74) is -0.691. The predicted molar refractivity (Wildman–Crippen MR) is 97.2 cm³/mol. The zero-order valence-electron chi connectivity index (χ0n) is 15.1. The van der Waals surface area contributed by atoms with Gasteiger partial charge >= 0.3 is 6.18 Å². The Bertz CT molecular complexity index is 866. The lowest BCUT2D eigenvalue weighted by Gasteiger charge is -2.18. The molecule has 148 valence electrons. The number of carbonyl (C=O) groups excluding carboxylic acids is 2. The molecule has 1 fully saturated rings. The summed E-state index contributed by atoms with van der Waals surface area (Å²) in [5.74, 6) is -0.414. The number of benzene rings is 2. The second-order valence-corrected chi connectivity index (χ2v) is 6.53. The van der Waals surface area contributed by atoms with E-state index in [-0.39, 0.29) is 24.8 Å². The van der Waals surface area contributed by atoms with Gasteiger partial charge in [-0.15, -0.1) is 0 Å². The van der Waals surface area contributed by atoms with Gasteiger partial charge in [-0.05, 0) is 36.4 Å². The van der Waals surface area contributed by atoms with E-state index in [2.05, 4.69) is 5.32 Å². The van der Waals surface area contributed by atoms with Crippen molar-refractivity contribution in [1.29, 1.82) is 0 Å². The average Bonchev–Trinajstić information content (AvgIpc) is 3.06. The molecule has 8 heteroatoms. The highest BCUT2D eigenvalue weighted by molar-refractivity contribution is 5.97. The quantitative estimate of drug-likeness (QED) is 0.847. The van der Waals surface area contributed by atoms with Crippen molar-refractivity contribution in [3.05, 3.63) is 59.7 Å². The van der Waals surface area contributed by atoms with Gasteiger partial charge in [-0.2, -0.15) is 13.2 Å². The Morgan fingerprint density at radius 2 is 1.86 bits per heavy atom. The van der Waals surface area contributed by atoms with Crippen molar-refractivity contribution < 1.29 is 27.5 Å². The predicted octanol–water partition coefficient (Wildman–Crippen LogP) is 3.50. The Morgan fingerprint density at radius 3 is 2.50 bits per heavy atom. The molecule has 5 nitrogen and oxygen atoms in total. The van der Waals surface area contributed by atoms with E-state index < -0.39 is 23.2 Å². The summed E-state index contributed by atoms with van der Waals surface area (Å²) < 4.78 is 44.3. The minimum absolute atomic E-state index is 0.0971. The fourth-order valence-electron chi connectivity index (χ4n) is 3.19. The highest BCUT2D eigenvalue weighted by Crippen LogP contribution is 2.32. The van der Waals surface area contributed by atoms with E-state index in [1.807, 2.05) is 0 Å². The number of rotatable bonds is 5. The first kappa shape index (κ1) is 19.7. The third-order valence-electron chi connectivity index (χ3n) is 4.62. The van der Waals surface area contributed by atoms with Crippen LogP contribution in [-0.4, -0.2) is 32.0 Å². The van der Waals surface area contributed by atoms with E-state index in [0.29, 0.717) is 18.0 Å². The molecule has 1 heterocycles. The maximum absolute atomic E-state index is 13.1. The van der Waals surface area contributed by atoms with Crippen LogP contribution in [0.4, 0.5) is 18.9 Å². The molecule has 0 radical (unpaired) electrons. The largest absolute Gasteiger partial charge is 0.497 e. The van der Waals surface area contributed by atoms with Gasteiger partial charge in [0.05, 0.1) is 18.2 Å². The summed E-state index contributed by atoms with van der Waals surface area (Å²) in [7, 11) is 1.55. The monoisotopic (exact) mass is 392 g/mol. The molecule has 28 heavy (non-hydrogen) atoms. The second-order valence-electron chi connectivity index (χ2n) is 6.53. The molecule has 1 unspecified atom stereocenters. The highest BCUT2D eigenvalue weighted by Gasteiger charge is 2.35. The van der Waals surface area contributed by atoms with Crippen LogP contribution in [-0.2, 0) is 11.0 Å². The van der Waals surface area contributed by atoms with Crippen LogP contribution in [0.1, 0.15) is 22.3 Å². The smallest absolute Gasteiger partial charge is 0.417 e. The van der Waals surface area contributed by atoms with E-state index in [9.17, 15) is 22.8 Å². The summed E-state index contributed by atoms with van der Waals surface area (Å²) in [4.78, 5) is 26.1. The molecule has 1 saturated heterocycles. The van der Waals surface area contributed by atoms with E-state index in [1.165, 1.54) is 12.1 Å². The maximum Gasteiger partial charge on any atom is 0.417 e. The number of amides is 2. The maximum atomic E-state index is 13.1. The number of halogens is 3. The van der Waals surface area contributed by atoms with Crippen molar-refractivity contribution >= 4 is 17.5 Å². The Balaban J connectivity index is 1.63. The zero-order chi connectivity index (χ0) is 20.3. The van der Waals surface area contributed by atoms with Crippen LogP contribution in [0.3, 0.4) is 0 Å². The number of nitrogens with one attached hydrogen (secondary N) is 1. The summed E-state index contributed by atoms with van der Waals surface area (Å²) in [5, 5.41) is 2.53. The van der Waals surface area contributed by atoms with Crippen LogP contribution in [0.2, 0.25) is 0 Å². The molecule has 0 spiro atoms. The van der Waals surface area contributed by atoms with Crippen molar-refractivity contribution in [2.45, 2.75) is 12.6 Å². The number of nitrogens with zero attached hydrogens (tertiary/aromatic N) is 1. The van der Waals surface area contributed by atoms with Crippen molar-refractivity contribution in [3.8, 4) is 5.75 Å². The van der Waals surface area contributed by atoms with Gasteiger partial charge in [0.2, 0.25) is 5.91 Å². The molecule has 2 aromatic carbocycles. The van der Waals surface area contributed by atoms with E-state index in [0.717, 1.165) is 12.1 Å². The van der Waals surface area contributed by atoms with Gasteiger partial charge in [-0.3, -0.25) is 9.59 Å². The van der Waals surface area contributed by atoms with Crippen molar-refractivity contribution in [2.75, 3.05) is 25.1 Å². The molecule has 0 aromatic heterocycles. The van der Waals surface area contributed by atoms with Gasteiger partial charge in [0, 0.05) is 31.1 Å². The molecule has 1 aliphatic heterocycles. The standard InChI is InChI=1S/C20H19F3N2O3/c1-28-15-8-6-14(7-9-15)25-12-13(10-18(25)26)11-24-19(27)16-4-2-3-5-17(16)20(21,22)23/h2-9,13H,10-12H2,1H3,(H,24,27). The summed E-state index contributed by atoms with van der Waals surface area (Å²) in [6.45, 7) is 0.496. The second kappa shape index (κ2) is 7.92. The number of hydrogen-bond donors (Lipinski definition) is 1. The first-order valence-corrected chi connectivity index (χ1v) is 8.68. The number of carbonyl (C=O) groups is 2. The first-order valence-electron chi connectivity index (χ1n) is 8.68. The fraction of sp³-hybridized carbons (Fsp3) is 0.300. The van der Waals surface area contributed by atoms with Gasteiger partial charge in [0.25, 0.3) is 5.91 Å². The molecule has 0 aliphatic carbocycles. The van der Waals surface area contributed by atoms with Gasteiger partial charge in [0.15, 0.2) is 0 Å². The number of anilines is 1. The van der Waals surface area contributed by atoms with Crippen molar-refractivity contribution in [2.24, 2.45) is 5.92 Å². The minimum Gasteiger partial charge on any atom is -0.497 e. The van der Waals surface area contributed by atoms with Crippen molar-refractivity contribution in [1.82, 2.24) is 5.32 Å². The fourth-order valence-corrected chi connectivity index (χ4v) is 3.19. The van der Waals surface area contributed by atoms with Crippen molar-refractivity contribution in [3.63, 3.8) is 0 Å². The van der Waals surface area contributed by atoms with Gasteiger partial charge in [-0.1, -0.05) is 12.1 Å². The first-order chi connectivity index (χ1) is 13.3. The van der Waals surface area contributed by atoms with Gasteiger partial charge in [0.1, 0.15) is 5.75 Å². The molecule has 2 amide bonds. The van der Waals surface area contributed by atoms with E-state index in [4.69, 9.17) is 4.74 Å². The molecule has 0 bridgehead atoms. The SMILES string of the molecule is COc1ccc(N2CC(CNC(=O)c3ccccc3C(F)(F)F)CC2=O)cc1. The molecule has 2 aromatic rings. The Hall–Kier alpha value is -3.03. The Labute approximate surface area is 160 Å². The van der Waals surface area contributed by atoms with Gasteiger partial charge < -0.3 is 15.0 Å². The van der Waals surface area contributed by atoms with Crippen LogP contribution in [0.15, 0.2) is 48.5 Å². The molecule has 1 aliphatic rings. The van der Waals surface area contributed by atoms with Crippen LogP contribution in [0.5, 0.6) is 5.75 Å². The van der Waals surface area contributed by atoms with E-state index >= 15 is 0 Å².